The Bertz CT molecular complexity index is 465. The van der Waals surface area contributed by atoms with Crippen LogP contribution in [0.5, 0.6) is 11.5 Å². The van der Waals surface area contributed by atoms with E-state index in [1.165, 1.54) is 0 Å². The van der Waals surface area contributed by atoms with Crippen molar-refractivity contribution in [2.75, 3.05) is 26.7 Å². The minimum atomic E-state index is 0. The van der Waals surface area contributed by atoms with Gasteiger partial charge in [0.25, 0.3) is 0 Å². The minimum absolute atomic E-state index is 0. The maximum atomic E-state index is 9.57. The number of ether oxygens (including phenoxy) is 1. The van der Waals surface area contributed by atoms with Gasteiger partial charge in [-0.1, -0.05) is 19.9 Å². The van der Waals surface area contributed by atoms with Crippen LogP contribution in [0.15, 0.2) is 23.2 Å². The summed E-state index contributed by atoms with van der Waals surface area (Å²) in [6.45, 7) is 8.78. The number of phenols is 1. The highest BCUT2D eigenvalue weighted by molar-refractivity contribution is 14.0. The number of guanidine groups is 1. The zero-order valence-electron chi connectivity index (χ0n) is 13.8. The van der Waals surface area contributed by atoms with Gasteiger partial charge in [0.05, 0.1) is 7.11 Å². The molecule has 0 heterocycles. The molecule has 0 bridgehead atoms. The molecular weight excluding hydrogens is 393 g/mol. The fourth-order valence-corrected chi connectivity index (χ4v) is 1.82. The Balaban J connectivity index is 0.00000441. The lowest BCUT2D eigenvalue weighted by Crippen LogP contribution is -2.38. The molecular formula is C16H28IN3O2. The first-order chi connectivity index (χ1) is 10.1. The number of phenolic OH excluding ortho intramolecular Hbond substituents is 1. The van der Waals surface area contributed by atoms with Crippen LogP contribution in [0.1, 0.15) is 26.3 Å². The molecule has 0 atom stereocenters. The lowest BCUT2D eigenvalue weighted by molar-refractivity contribution is 0.373. The lowest BCUT2D eigenvalue weighted by Gasteiger charge is -2.12. The standard InChI is InChI=1S/C16H27N3O2.HI/c1-5-17-16(19-11-12(2)3)18-9-8-13-6-7-14(20)15(10-13)21-4;/h6-7,10,12,20H,5,8-9,11H2,1-4H3,(H2,17,18,19);1H. The van der Waals surface area contributed by atoms with E-state index in [9.17, 15) is 5.11 Å². The van der Waals surface area contributed by atoms with Crippen molar-refractivity contribution in [3.05, 3.63) is 23.8 Å². The Kier molecular flexibility index (Phi) is 10.8. The Hall–Kier alpha value is -1.18. The number of benzene rings is 1. The predicted octanol–water partition coefficient (Wildman–Crippen LogP) is 2.77. The Morgan fingerprint density at radius 2 is 2.05 bits per heavy atom. The molecule has 0 amide bonds. The van der Waals surface area contributed by atoms with Gasteiger partial charge in [-0.25, -0.2) is 0 Å². The molecule has 0 aromatic heterocycles. The van der Waals surface area contributed by atoms with Crippen molar-refractivity contribution in [3.8, 4) is 11.5 Å². The number of hydrogen-bond donors (Lipinski definition) is 3. The van der Waals surface area contributed by atoms with Gasteiger partial charge in [-0.15, -0.1) is 24.0 Å². The Morgan fingerprint density at radius 1 is 1.32 bits per heavy atom. The number of nitrogens with zero attached hydrogens (tertiary/aromatic N) is 1. The summed E-state index contributed by atoms with van der Waals surface area (Å²) in [5, 5.41) is 16.1. The third-order valence-electron chi connectivity index (χ3n) is 2.91. The molecule has 0 aliphatic carbocycles. The van der Waals surface area contributed by atoms with E-state index in [0.29, 0.717) is 11.7 Å². The quantitative estimate of drug-likeness (QED) is 0.360. The zero-order chi connectivity index (χ0) is 15.7. The van der Waals surface area contributed by atoms with Crippen molar-refractivity contribution >= 4 is 29.9 Å². The number of halogens is 1. The van der Waals surface area contributed by atoms with Gasteiger partial charge in [-0.3, -0.25) is 4.99 Å². The number of hydrogen-bond acceptors (Lipinski definition) is 3. The smallest absolute Gasteiger partial charge is 0.191 e. The Morgan fingerprint density at radius 3 is 2.64 bits per heavy atom. The molecule has 0 saturated carbocycles. The van der Waals surface area contributed by atoms with Gasteiger partial charge < -0.3 is 20.5 Å². The van der Waals surface area contributed by atoms with E-state index in [4.69, 9.17) is 4.74 Å². The van der Waals surface area contributed by atoms with Gasteiger partial charge in [0, 0.05) is 19.6 Å². The van der Waals surface area contributed by atoms with Crippen molar-refractivity contribution in [2.45, 2.75) is 27.2 Å². The first kappa shape index (κ1) is 20.8. The molecule has 1 rings (SSSR count). The van der Waals surface area contributed by atoms with E-state index in [1.54, 1.807) is 13.2 Å². The summed E-state index contributed by atoms with van der Waals surface area (Å²) in [7, 11) is 1.55. The summed E-state index contributed by atoms with van der Waals surface area (Å²) in [5.41, 5.74) is 1.11. The normalized spacial score (nSPS) is 11.0. The van der Waals surface area contributed by atoms with Crippen molar-refractivity contribution < 1.29 is 9.84 Å². The number of aromatic hydroxyl groups is 1. The van der Waals surface area contributed by atoms with Crippen LogP contribution < -0.4 is 15.4 Å². The maximum Gasteiger partial charge on any atom is 0.191 e. The Labute approximate surface area is 150 Å². The summed E-state index contributed by atoms with van der Waals surface area (Å²) in [6.07, 6.45) is 0.836. The van der Waals surface area contributed by atoms with Gasteiger partial charge in [-0.2, -0.15) is 0 Å². The first-order valence-electron chi connectivity index (χ1n) is 7.44. The number of nitrogens with one attached hydrogen (secondary N) is 2. The van der Waals surface area contributed by atoms with Gasteiger partial charge in [0.2, 0.25) is 0 Å². The van der Waals surface area contributed by atoms with Crippen LogP contribution in [-0.2, 0) is 6.42 Å². The average molecular weight is 421 g/mol. The monoisotopic (exact) mass is 421 g/mol. The molecule has 0 radical (unpaired) electrons. The largest absolute Gasteiger partial charge is 0.504 e. The molecule has 1 aromatic rings. The predicted molar refractivity (Wildman–Crippen MR) is 103 cm³/mol. The van der Waals surface area contributed by atoms with Crippen molar-refractivity contribution in [1.29, 1.82) is 0 Å². The SMILES string of the molecule is CCNC(=NCC(C)C)NCCc1ccc(O)c(OC)c1.I. The molecule has 0 unspecified atom stereocenters. The van der Waals surface area contributed by atoms with Crippen molar-refractivity contribution in [1.82, 2.24) is 10.6 Å². The molecule has 0 spiro atoms. The molecule has 0 aliphatic rings. The highest BCUT2D eigenvalue weighted by Gasteiger charge is 2.03. The fraction of sp³-hybridized carbons (Fsp3) is 0.562. The number of rotatable bonds is 7. The summed E-state index contributed by atoms with van der Waals surface area (Å²) in [5.74, 6) is 2.06. The second-order valence-electron chi connectivity index (χ2n) is 5.30. The molecule has 126 valence electrons. The van der Waals surface area contributed by atoms with Crippen LogP contribution in [0.2, 0.25) is 0 Å². The molecule has 0 aliphatic heterocycles. The summed E-state index contributed by atoms with van der Waals surface area (Å²) in [4.78, 5) is 4.52. The third-order valence-corrected chi connectivity index (χ3v) is 2.91. The zero-order valence-corrected chi connectivity index (χ0v) is 16.2. The van der Waals surface area contributed by atoms with Crippen LogP contribution in [0.25, 0.3) is 0 Å². The number of methoxy groups -OCH3 is 1. The maximum absolute atomic E-state index is 9.57. The summed E-state index contributed by atoms with van der Waals surface area (Å²) < 4.78 is 5.11. The van der Waals surface area contributed by atoms with E-state index >= 15 is 0 Å². The van der Waals surface area contributed by atoms with Crippen LogP contribution in [0, 0.1) is 5.92 Å². The van der Waals surface area contributed by atoms with Crippen molar-refractivity contribution in [2.24, 2.45) is 10.9 Å². The topological polar surface area (TPSA) is 65.9 Å². The second-order valence-corrected chi connectivity index (χ2v) is 5.30. The molecule has 0 fully saturated rings. The highest BCUT2D eigenvalue weighted by Crippen LogP contribution is 2.26. The molecule has 1 aromatic carbocycles. The molecule has 6 heteroatoms. The highest BCUT2D eigenvalue weighted by atomic mass is 127. The second kappa shape index (κ2) is 11.4. The van der Waals surface area contributed by atoms with Crippen LogP contribution in [0.3, 0.4) is 0 Å². The molecule has 5 nitrogen and oxygen atoms in total. The fourth-order valence-electron chi connectivity index (χ4n) is 1.82. The average Bonchev–Trinajstić information content (AvgIpc) is 2.46. The van der Waals surface area contributed by atoms with Gasteiger partial charge in [-0.05, 0) is 37.0 Å². The van der Waals surface area contributed by atoms with E-state index in [0.717, 1.165) is 37.6 Å². The van der Waals surface area contributed by atoms with Crippen LogP contribution in [-0.4, -0.2) is 37.8 Å². The third kappa shape index (κ3) is 7.72. The number of aliphatic imine (C=N–C) groups is 1. The first-order valence-corrected chi connectivity index (χ1v) is 7.44. The van der Waals surface area contributed by atoms with Crippen LogP contribution >= 0.6 is 24.0 Å². The summed E-state index contributed by atoms with van der Waals surface area (Å²) >= 11 is 0. The van der Waals surface area contributed by atoms with Crippen molar-refractivity contribution in [3.63, 3.8) is 0 Å². The van der Waals surface area contributed by atoms with Gasteiger partial charge in [0.1, 0.15) is 0 Å². The van der Waals surface area contributed by atoms with Gasteiger partial charge in [0.15, 0.2) is 17.5 Å². The van der Waals surface area contributed by atoms with Gasteiger partial charge >= 0.3 is 0 Å². The van der Waals surface area contributed by atoms with E-state index in [-0.39, 0.29) is 29.7 Å². The molecule has 0 saturated heterocycles. The molecule has 22 heavy (non-hydrogen) atoms. The lowest BCUT2D eigenvalue weighted by atomic mass is 10.1. The molecule has 3 N–H and O–H groups in total. The van der Waals surface area contributed by atoms with E-state index in [2.05, 4.69) is 36.4 Å². The van der Waals surface area contributed by atoms with E-state index < -0.39 is 0 Å². The van der Waals surface area contributed by atoms with Crippen LogP contribution in [0.4, 0.5) is 0 Å². The summed E-state index contributed by atoms with van der Waals surface area (Å²) in [6, 6.07) is 5.42. The minimum Gasteiger partial charge on any atom is -0.504 e. The van der Waals surface area contributed by atoms with E-state index in [1.807, 2.05) is 12.1 Å².